The van der Waals surface area contributed by atoms with Gasteiger partial charge in [-0.2, -0.15) is 13.2 Å². The summed E-state index contributed by atoms with van der Waals surface area (Å²) >= 11 is 11.0. The van der Waals surface area contributed by atoms with Gasteiger partial charge in [-0.15, -0.1) is 56.7 Å². The van der Waals surface area contributed by atoms with Gasteiger partial charge in [0.1, 0.15) is 77.4 Å². The van der Waals surface area contributed by atoms with Crippen LogP contribution in [-0.2, 0) is 12.8 Å². The standard InChI is InChI=1S/2C21H18N4OS.C20H15N5O3S.C14H9F3N4S.C13H9BrN4S/c1-2-26-19-9-4-3-8-17(19)15-6-5-7-16(14-15)24-21-23-11-10-18(25-21)20-22-12-13-27-20;1-2-26-18-8-6-15(7-9-18)16-4-3-5-17(14-16)24-21-23-11-10-19(25-21)20-22-12-13-27-20;26-25(27)18-7-2-1-4-14(18)13-28-16-6-3-5-15(12-16)23-20-22-9-8-17(24-20)19-21-10-11-29-19;15-14(16,17)9-2-1-3-10(8-9)20-13-19-5-4-11(21-13)12-18-6-7-22-12;14-9-2-1-3-10(8-9)17-13-16-5-4-11(18-13)12-15-6-7-19-12/h2*3-14H,2H2,1H3,(H,23,24,25);1-12H,13H2,(H,22,23,24);1-8H,(H,19,20,21);1-8H,(H,16,17,18). The molecule has 35 heteroatoms. The molecule has 18 aromatic rings. The number of thiazole rings is 5. The minimum Gasteiger partial charge on any atom is -0.494 e. The minimum atomic E-state index is -4.39. The molecule has 0 bridgehead atoms. The van der Waals surface area contributed by atoms with Crippen molar-refractivity contribution in [1.29, 1.82) is 0 Å². The number of nitro benzene ring substituents is 1. The molecule has 0 saturated carbocycles. The van der Waals surface area contributed by atoms with E-state index in [0.717, 1.165) is 121 Å². The van der Waals surface area contributed by atoms with Crippen LogP contribution < -0.4 is 40.8 Å². The van der Waals surface area contributed by atoms with E-state index >= 15 is 0 Å². The maximum atomic E-state index is 12.7. The second-order valence-electron chi connectivity index (χ2n) is 25.5. The van der Waals surface area contributed by atoms with E-state index in [1.807, 2.05) is 150 Å². The second kappa shape index (κ2) is 43.0. The topological polar surface area (TPSA) is 324 Å². The monoisotopic (exact) mass is 1810 g/mol. The molecule has 10 heterocycles. The highest BCUT2D eigenvalue weighted by Crippen LogP contribution is 2.36. The Kier molecular flexibility index (Phi) is 29.8. The van der Waals surface area contributed by atoms with Crippen molar-refractivity contribution in [3.05, 3.63) is 339 Å². The molecule has 0 fully saturated rings. The van der Waals surface area contributed by atoms with Crippen molar-refractivity contribution < 1.29 is 32.3 Å². The highest BCUT2D eigenvalue weighted by Gasteiger charge is 2.30. The van der Waals surface area contributed by atoms with Crippen molar-refractivity contribution in [3.8, 4) is 93.0 Å². The lowest BCUT2D eigenvalue weighted by atomic mass is 10.0. The van der Waals surface area contributed by atoms with Crippen LogP contribution >= 0.6 is 72.6 Å². The molecule has 0 saturated heterocycles. The number of anilines is 10. The Morgan fingerprint density at radius 1 is 0.363 bits per heavy atom. The van der Waals surface area contributed by atoms with E-state index in [0.29, 0.717) is 54.0 Å². The first-order valence-electron chi connectivity index (χ1n) is 37.7. The van der Waals surface area contributed by atoms with Crippen LogP contribution in [0.3, 0.4) is 0 Å². The molecule has 8 aromatic carbocycles. The zero-order valence-corrected chi connectivity index (χ0v) is 71.1. The van der Waals surface area contributed by atoms with Gasteiger partial charge in [0, 0.05) is 139 Å². The van der Waals surface area contributed by atoms with Crippen LogP contribution in [0, 0.1) is 10.1 Å². The number of nitro groups is 1. The number of para-hydroxylation sites is 2. The molecule has 10 aromatic heterocycles. The Morgan fingerprint density at radius 2 is 0.750 bits per heavy atom. The van der Waals surface area contributed by atoms with Crippen LogP contribution in [0.1, 0.15) is 25.0 Å². The fraction of sp³-hybridized carbons (Fsp3) is 0.0674. The van der Waals surface area contributed by atoms with E-state index in [9.17, 15) is 23.3 Å². The van der Waals surface area contributed by atoms with Gasteiger partial charge in [0.25, 0.3) is 5.69 Å². The lowest BCUT2D eigenvalue weighted by Gasteiger charge is -2.12. The normalized spacial score (nSPS) is 10.7. The summed E-state index contributed by atoms with van der Waals surface area (Å²) < 4.78 is 56.1. The first-order valence-corrected chi connectivity index (χ1v) is 42.9. The zero-order chi connectivity index (χ0) is 85.7. The summed E-state index contributed by atoms with van der Waals surface area (Å²) in [5.41, 5.74) is 11.7. The average Bonchev–Trinajstić information content (AvgIpc) is 1.36. The number of benzene rings is 8. The molecule has 0 aliphatic heterocycles. The molecule has 0 spiro atoms. The smallest absolute Gasteiger partial charge is 0.416 e. The first kappa shape index (κ1) is 85.8. The molecular weight excluding hydrogens is 1740 g/mol. The Morgan fingerprint density at radius 3 is 1.18 bits per heavy atom. The number of alkyl halides is 3. The van der Waals surface area contributed by atoms with Gasteiger partial charge >= 0.3 is 6.18 Å². The molecule has 0 amide bonds. The molecule has 0 atom stereocenters. The van der Waals surface area contributed by atoms with E-state index in [-0.39, 0.29) is 23.9 Å². The number of aromatic nitrogens is 15. The molecule has 18 rings (SSSR count). The molecular formula is C89H69BrF3N21O5S5. The zero-order valence-electron chi connectivity index (χ0n) is 65.4. The van der Waals surface area contributed by atoms with Crippen LogP contribution in [0.2, 0.25) is 0 Å². The van der Waals surface area contributed by atoms with E-state index in [1.165, 1.54) is 47.1 Å². The maximum absolute atomic E-state index is 12.7. The molecule has 0 aliphatic carbocycles. The van der Waals surface area contributed by atoms with Gasteiger partial charge in [-0.1, -0.05) is 101 Å². The molecule has 0 aliphatic rings. The van der Waals surface area contributed by atoms with E-state index in [4.69, 9.17) is 14.2 Å². The summed E-state index contributed by atoms with van der Waals surface area (Å²) in [6, 6.07) is 68.0. The molecule has 0 radical (unpaired) electrons. The van der Waals surface area contributed by atoms with Crippen LogP contribution in [0.25, 0.3) is 75.8 Å². The van der Waals surface area contributed by atoms with Gasteiger partial charge in [0.05, 0.1) is 29.3 Å². The minimum absolute atomic E-state index is 0.0363. The fourth-order valence-corrected chi connectivity index (χ4v) is 14.9. The highest BCUT2D eigenvalue weighted by atomic mass is 79.9. The Balaban J connectivity index is 0.000000127. The lowest BCUT2D eigenvalue weighted by molar-refractivity contribution is -0.385. The van der Waals surface area contributed by atoms with Crippen molar-refractivity contribution in [2.24, 2.45) is 0 Å². The van der Waals surface area contributed by atoms with Crippen molar-refractivity contribution >= 4 is 136 Å². The predicted molar refractivity (Wildman–Crippen MR) is 488 cm³/mol. The lowest BCUT2D eigenvalue weighted by Crippen LogP contribution is -2.05. The van der Waals surface area contributed by atoms with E-state index < -0.39 is 16.7 Å². The Labute approximate surface area is 736 Å². The number of hydrogen-bond donors (Lipinski definition) is 5. The van der Waals surface area contributed by atoms with Crippen LogP contribution in [0.4, 0.5) is 77.0 Å². The van der Waals surface area contributed by atoms with E-state index in [2.05, 4.69) is 160 Å². The van der Waals surface area contributed by atoms with Gasteiger partial charge in [-0.05, 0) is 158 Å². The van der Waals surface area contributed by atoms with Crippen molar-refractivity contribution in [3.63, 3.8) is 0 Å². The summed E-state index contributed by atoms with van der Waals surface area (Å²) in [7, 11) is 0. The van der Waals surface area contributed by atoms with Gasteiger partial charge in [0.15, 0.2) is 0 Å². The maximum Gasteiger partial charge on any atom is 0.416 e. The number of halogens is 4. The van der Waals surface area contributed by atoms with Gasteiger partial charge in [-0.25, -0.2) is 74.8 Å². The fourth-order valence-electron chi connectivity index (χ4n) is 11.5. The highest BCUT2D eigenvalue weighted by molar-refractivity contribution is 9.10. The third-order valence-corrected chi connectivity index (χ3v) is 21.4. The predicted octanol–water partition coefficient (Wildman–Crippen LogP) is 24.1. The summed E-state index contributed by atoms with van der Waals surface area (Å²) in [4.78, 5) is 75.3. The summed E-state index contributed by atoms with van der Waals surface area (Å²) in [6.07, 6.45) is 12.7. The molecule has 26 nitrogen and oxygen atoms in total. The molecule has 618 valence electrons. The van der Waals surface area contributed by atoms with Gasteiger partial charge in [0.2, 0.25) is 29.7 Å². The average molecular weight is 1810 g/mol. The van der Waals surface area contributed by atoms with E-state index in [1.54, 1.807) is 132 Å². The quantitative estimate of drug-likeness (QED) is 0.0262. The third kappa shape index (κ3) is 24.8. The van der Waals surface area contributed by atoms with Crippen molar-refractivity contribution in [2.45, 2.75) is 26.6 Å². The molecule has 0 unspecified atom stereocenters. The van der Waals surface area contributed by atoms with Crippen molar-refractivity contribution in [2.75, 3.05) is 39.8 Å². The summed E-state index contributed by atoms with van der Waals surface area (Å²) in [6.45, 7) is 5.36. The van der Waals surface area contributed by atoms with Gasteiger partial charge in [-0.3, -0.25) is 10.1 Å². The number of ether oxygens (including phenoxy) is 3. The third-order valence-electron chi connectivity index (χ3n) is 17.0. The molecule has 124 heavy (non-hydrogen) atoms. The second-order valence-corrected chi connectivity index (χ2v) is 30.9. The summed E-state index contributed by atoms with van der Waals surface area (Å²) in [5.74, 6) is 4.63. The number of rotatable bonds is 25. The first-order chi connectivity index (χ1) is 60.7. The number of hydrogen-bond acceptors (Lipinski definition) is 30. The molecule has 5 N–H and O–H groups in total. The van der Waals surface area contributed by atoms with Crippen LogP contribution in [-0.4, -0.2) is 92.9 Å². The van der Waals surface area contributed by atoms with Crippen LogP contribution in [0.5, 0.6) is 17.2 Å². The number of nitrogens with zero attached hydrogens (tertiary/aromatic N) is 16. The van der Waals surface area contributed by atoms with Crippen molar-refractivity contribution in [1.82, 2.24) is 74.8 Å². The summed E-state index contributed by atoms with van der Waals surface area (Å²) in [5, 5.41) is 40.5. The largest absolute Gasteiger partial charge is 0.494 e. The van der Waals surface area contributed by atoms with Gasteiger partial charge < -0.3 is 40.8 Å². The Hall–Kier alpha value is -14.6. The van der Waals surface area contributed by atoms with Crippen LogP contribution in [0.15, 0.2) is 318 Å². The Bertz CT molecular complexity index is 6440. The SMILES string of the molecule is Brc1cccc(Nc2nccc(-c3nccs3)n2)c1.CCOc1ccc(-c2cccc(Nc3nccc(-c4nccs4)n3)c2)cc1.CCOc1ccccc1-c1cccc(Nc2nccc(-c3nccs3)n2)c1.FC(F)(F)c1cccc(Nc2nccc(-c3nccs3)n2)c1.O=[N+]([O-])c1ccccc1COc1cccc(Nc2nccc(-c3nccs3)n2)c1. The number of nitrogens with one attached hydrogen (secondary N) is 5.